The van der Waals surface area contributed by atoms with E-state index in [9.17, 15) is 4.79 Å². The van der Waals surface area contributed by atoms with Crippen molar-refractivity contribution in [3.63, 3.8) is 0 Å². The second kappa shape index (κ2) is 3.85. The first-order chi connectivity index (χ1) is 5.79. The number of Topliss-reactive ketones (excluding diaryl/α,β-unsaturated/α-hetero) is 1. The van der Waals surface area contributed by atoms with Crippen molar-refractivity contribution in [1.29, 1.82) is 0 Å². The van der Waals surface area contributed by atoms with Crippen molar-refractivity contribution >= 4 is 5.78 Å². The maximum Gasteiger partial charge on any atom is 0.184 e. The Morgan fingerprint density at radius 1 is 1.83 bits per heavy atom. The highest BCUT2D eigenvalue weighted by Crippen LogP contribution is 2.02. The normalized spacial score (nSPS) is 9.75. The molecule has 1 aromatic rings. The lowest BCUT2D eigenvalue weighted by atomic mass is 10.2. The first-order valence-corrected chi connectivity index (χ1v) is 3.95. The average Bonchev–Trinajstić information content (AvgIpc) is 2.51. The quantitative estimate of drug-likeness (QED) is 0.501. The Morgan fingerprint density at radius 2 is 2.58 bits per heavy atom. The molecule has 0 bridgehead atoms. The van der Waals surface area contributed by atoms with Gasteiger partial charge in [0.1, 0.15) is 5.69 Å². The third-order valence-electron chi connectivity index (χ3n) is 1.63. The van der Waals surface area contributed by atoms with Gasteiger partial charge < -0.3 is 0 Å². The number of allylic oxidation sites excluding steroid dienone is 1. The van der Waals surface area contributed by atoms with Crippen LogP contribution in [0.4, 0.5) is 0 Å². The molecule has 0 spiro atoms. The van der Waals surface area contributed by atoms with Gasteiger partial charge in [0.25, 0.3) is 0 Å². The number of hydrogen-bond donors (Lipinski definition) is 0. The lowest BCUT2D eigenvalue weighted by Gasteiger charge is -2.00. The van der Waals surface area contributed by atoms with Crippen molar-refractivity contribution in [3.05, 3.63) is 30.6 Å². The zero-order valence-electron chi connectivity index (χ0n) is 7.16. The van der Waals surface area contributed by atoms with Gasteiger partial charge in [0.2, 0.25) is 0 Å². The third-order valence-corrected chi connectivity index (χ3v) is 1.63. The van der Waals surface area contributed by atoms with Gasteiger partial charge in [0, 0.05) is 19.2 Å². The summed E-state index contributed by atoms with van der Waals surface area (Å²) < 4.78 is 1.69. The highest BCUT2D eigenvalue weighted by atomic mass is 16.1. The molecule has 64 valence electrons. The standard InChI is InChI=1S/C9H12N2O/c1-3-5-9(12)8-6-7-10-11(8)4-2/h3,6-7H,1,4-5H2,2H3. The van der Waals surface area contributed by atoms with Crippen molar-refractivity contribution in [2.45, 2.75) is 19.9 Å². The van der Waals surface area contributed by atoms with Gasteiger partial charge >= 0.3 is 0 Å². The van der Waals surface area contributed by atoms with E-state index in [1.165, 1.54) is 0 Å². The van der Waals surface area contributed by atoms with Crippen molar-refractivity contribution in [1.82, 2.24) is 9.78 Å². The summed E-state index contributed by atoms with van der Waals surface area (Å²) in [5, 5.41) is 4.00. The number of carbonyl (C=O) groups is 1. The van der Waals surface area contributed by atoms with E-state index < -0.39 is 0 Å². The Hall–Kier alpha value is -1.38. The number of ketones is 1. The van der Waals surface area contributed by atoms with Crippen LogP contribution in [0.25, 0.3) is 0 Å². The predicted molar refractivity (Wildman–Crippen MR) is 47.0 cm³/mol. The van der Waals surface area contributed by atoms with E-state index in [1.807, 2.05) is 6.92 Å². The molecule has 12 heavy (non-hydrogen) atoms. The fourth-order valence-corrected chi connectivity index (χ4v) is 1.06. The lowest BCUT2D eigenvalue weighted by molar-refractivity contribution is 0.0986. The molecular formula is C9H12N2O. The monoisotopic (exact) mass is 164 g/mol. The van der Waals surface area contributed by atoms with Gasteiger partial charge in [-0.3, -0.25) is 9.48 Å². The summed E-state index contributed by atoms with van der Waals surface area (Å²) in [5.74, 6) is 0.0735. The Balaban J connectivity index is 2.85. The number of aromatic nitrogens is 2. The molecule has 0 fully saturated rings. The van der Waals surface area contributed by atoms with Crippen LogP contribution in [0.15, 0.2) is 24.9 Å². The predicted octanol–water partition coefficient (Wildman–Crippen LogP) is 1.66. The number of rotatable bonds is 4. The van der Waals surface area contributed by atoms with Crippen LogP contribution in [0.2, 0.25) is 0 Å². The fourth-order valence-electron chi connectivity index (χ4n) is 1.06. The van der Waals surface area contributed by atoms with Gasteiger partial charge in [-0.05, 0) is 13.0 Å². The first kappa shape index (κ1) is 8.71. The van der Waals surface area contributed by atoms with Crippen LogP contribution in [-0.2, 0) is 6.54 Å². The van der Waals surface area contributed by atoms with E-state index in [4.69, 9.17) is 0 Å². The number of carbonyl (C=O) groups excluding carboxylic acids is 1. The molecule has 0 aromatic carbocycles. The molecule has 1 aromatic heterocycles. The van der Waals surface area contributed by atoms with Crippen LogP contribution in [-0.4, -0.2) is 15.6 Å². The highest BCUT2D eigenvalue weighted by Gasteiger charge is 2.08. The summed E-state index contributed by atoms with van der Waals surface area (Å²) in [4.78, 5) is 11.4. The van der Waals surface area contributed by atoms with Crippen LogP contribution >= 0.6 is 0 Å². The van der Waals surface area contributed by atoms with Gasteiger partial charge in [0.15, 0.2) is 5.78 Å². The molecule has 0 saturated heterocycles. The van der Waals surface area contributed by atoms with E-state index in [-0.39, 0.29) is 5.78 Å². The summed E-state index contributed by atoms with van der Waals surface area (Å²) >= 11 is 0. The largest absolute Gasteiger partial charge is 0.292 e. The summed E-state index contributed by atoms with van der Waals surface area (Å²) in [7, 11) is 0. The minimum Gasteiger partial charge on any atom is -0.292 e. The van der Waals surface area contributed by atoms with Gasteiger partial charge in [0.05, 0.1) is 0 Å². The number of nitrogens with zero attached hydrogens (tertiary/aromatic N) is 2. The first-order valence-electron chi connectivity index (χ1n) is 3.95. The lowest BCUT2D eigenvalue weighted by Crippen LogP contribution is -2.08. The van der Waals surface area contributed by atoms with Crippen molar-refractivity contribution in [2.24, 2.45) is 0 Å². The topological polar surface area (TPSA) is 34.9 Å². The Kier molecular flexibility index (Phi) is 2.80. The van der Waals surface area contributed by atoms with E-state index in [0.29, 0.717) is 12.1 Å². The van der Waals surface area contributed by atoms with Crippen LogP contribution in [0, 0.1) is 0 Å². The van der Waals surface area contributed by atoms with Gasteiger partial charge in [-0.2, -0.15) is 5.10 Å². The van der Waals surface area contributed by atoms with Crippen molar-refractivity contribution < 1.29 is 4.79 Å². The number of aryl methyl sites for hydroxylation is 1. The van der Waals surface area contributed by atoms with E-state index in [2.05, 4.69) is 11.7 Å². The van der Waals surface area contributed by atoms with E-state index in [1.54, 1.807) is 23.0 Å². The summed E-state index contributed by atoms with van der Waals surface area (Å²) in [6.07, 6.45) is 3.63. The van der Waals surface area contributed by atoms with Crippen molar-refractivity contribution in [3.8, 4) is 0 Å². The van der Waals surface area contributed by atoms with Crippen LogP contribution in [0.3, 0.4) is 0 Å². The molecule has 0 aliphatic heterocycles. The van der Waals surface area contributed by atoms with Crippen LogP contribution in [0.1, 0.15) is 23.8 Å². The molecule has 0 atom stereocenters. The second-order valence-corrected chi connectivity index (χ2v) is 2.45. The van der Waals surface area contributed by atoms with Gasteiger partial charge in [-0.15, -0.1) is 6.58 Å². The molecule has 0 aliphatic rings. The Morgan fingerprint density at radius 3 is 3.17 bits per heavy atom. The zero-order valence-corrected chi connectivity index (χ0v) is 7.16. The summed E-state index contributed by atoms with van der Waals surface area (Å²) in [5.41, 5.74) is 0.664. The molecule has 0 N–H and O–H groups in total. The maximum atomic E-state index is 11.4. The SMILES string of the molecule is C=CCC(=O)c1ccnn1CC. The summed E-state index contributed by atoms with van der Waals surface area (Å²) in [6, 6.07) is 1.73. The maximum absolute atomic E-state index is 11.4. The third kappa shape index (κ3) is 1.61. The van der Waals surface area contributed by atoms with Crippen molar-refractivity contribution in [2.75, 3.05) is 0 Å². The smallest absolute Gasteiger partial charge is 0.184 e. The minimum absolute atomic E-state index is 0.0735. The molecule has 0 saturated carbocycles. The summed E-state index contributed by atoms with van der Waals surface area (Å²) in [6.45, 7) is 6.20. The molecule has 1 rings (SSSR count). The molecule has 0 radical (unpaired) electrons. The zero-order chi connectivity index (χ0) is 8.97. The Labute approximate surface area is 71.7 Å². The molecule has 1 heterocycles. The molecule has 0 unspecified atom stereocenters. The Bertz CT molecular complexity index is 288. The molecule has 0 amide bonds. The van der Waals surface area contributed by atoms with Crippen LogP contribution in [0.5, 0.6) is 0 Å². The molecule has 3 nitrogen and oxygen atoms in total. The van der Waals surface area contributed by atoms with Gasteiger partial charge in [-0.25, -0.2) is 0 Å². The van der Waals surface area contributed by atoms with Gasteiger partial charge in [-0.1, -0.05) is 6.08 Å². The fraction of sp³-hybridized carbons (Fsp3) is 0.333. The molecule has 0 aliphatic carbocycles. The van der Waals surface area contributed by atoms with E-state index >= 15 is 0 Å². The molecular weight excluding hydrogens is 152 g/mol. The average molecular weight is 164 g/mol. The van der Waals surface area contributed by atoms with E-state index in [0.717, 1.165) is 6.54 Å². The minimum atomic E-state index is 0.0735. The highest BCUT2D eigenvalue weighted by molar-refractivity contribution is 5.95. The molecule has 3 heteroatoms. The number of hydrogen-bond acceptors (Lipinski definition) is 2. The van der Waals surface area contributed by atoms with Crippen LogP contribution < -0.4 is 0 Å². The second-order valence-electron chi connectivity index (χ2n) is 2.45.